The van der Waals surface area contributed by atoms with Crippen LogP contribution in [0.25, 0.3) is 0 Å². The lowest BCUT2D eigenvalue weighted by molar-refractivity contribution is 0.212. The predicted molar refractivity (Wildman–Crippen MR) is 118 cm³/mol. The standard InChI is InChI=1S/C25H34ClN/c1-3-27(18-17-21-7-5-4-6-8-21)20(2)9-10-22-11-13-23(14-12-22)24-15-16-25(26)19-24/h4-8,11-14,20,24-25H,3,9-10,15-19H2,1-2H3. The van der Waals surface area contributed by atoms with Crippen LogP contribution in [0.15, 0.2) is 54.6 Å². The first-order chi connectivity index (χ1) is 13.2. The Morgan fingerprint density at radius 1 is 0.963 bits per heavy atom. The Kier molecular flexibility index (Phi) is 7.79. The Hall–Kier alpha value is -1.31. The summed E-state index contributed by atoms with van der Waals surface area (Å²) in [4.78, 5) is 2.61. The maximum absolute atomic E-state index is 6.28. The molecule has 0 radical (unpaired) electrons. The third kappa shape index (κ3) is 6.09. The Morgan fingerprint density at radius 3 is 2.30 bits per heavy atom. The monoisotopic (exact) mass is 383 g/mol. The Labute approximate surface area is 170 Å². The fraction of sp³-hybridized carbons (Fsp3) is 0.520. The molecule has 146 valence electrons. The molecule has 1 saturated carbocycles. The minimum atomic E-state index is 0.381. The van der Waals surface area contributed by atoms with E-state index in [0.29, 0.717) is 17.3 Å². The molecule has 27 heavy (non-hydrogen) atoms. The zero-order valence-corrected chi connectivity index (χ0v) is 17.7. The second kappa shape index (κ2) is 10.3. The van der Waals surface area contributed by atoms with Gasteiger partial charge in [-0.25, -0.2) is 0 Å². The molecule has 2 aromatic carbocycles. The summed E-state index contributed by atoms with van der Waals surface area (Å²) in [5, 5.41) is 0.381. The molecule has 0 N–H and O–H groups in total. The molecule has 1 aliphatic rings. The van der Waals surface area contributed by atoms with Crippen molar-refractivity contribution >= 4 is 11.6 Å². The minimum Gasteiger partial charge on any atom is -0.301 e. The van der Waals surface area contributed by atoms with Crippen LogP contribution in [0, 0.1) is 0 Å². The Balaban J connectivity index is 1.46. The summed E-state index contributed by atoms with van der Waals surface area (Å²) < 4.78 is 0. The van der Waals surface area contributed by atoms with Crippen LogP contribution in [0.4, 0.5) is 0 Å². The van der Waals surface area contributed by atoms with E-state index in [-0.39, 0.29) is 0 Å². The van der Waals surface area contributed by atoms with Crippen molar-refractivity contribution in [2.24, 2.45) is 0 Å². The van der Waals surface area contributed by atoms with Gasteiger partial charge in [-0.15, -0.1) is 11.6 Å². The Bertz CT molecular complexity index is 666. The van der Waals surface area contributed by atoms with E-state index in [4.69, 9.17) is 11.6 Å². The summed E-state index contributed by atoms with van der Waals surface area (Å²) in [5.74, 6) is 0.675. The smallest absolute Gasteiger partial charge is 0.0342 e. The highest BCUT2D eigenvalue weighted by Gasteiger charge is 2.24. The molecule has 0 amide bonds. The molecule has 3 rings (SSSR count). The zero-order valence-electron chi connectivity index (χ0n) is 16.9. The van der Waals surface area contributed by atoms with Gasteiger partial charge in [0.05, 0.1) is 0 Å². The van der Waals surface area contributed by atoms with Crippen LogP contribution in [0.2, 0.25) is 0 Å². The molecule has 2 heteroatoms. The molecule has 0 aliphatic heterocycles. The van der Waals surface area contributed by atoms with Crippen molar-refractivity contribution in [3.05, 3.63) is 71.3 Å². The first-order valence-electron chi connectivity index (χ1n) is 10.7. The number of alkyl halides is 1. The van der Waals surface area contributed by atoms with E-state index in [1.54, 1.807) is 0 Å². The summed E-state index contributed by atoms with van der Waals surface area (Å²) >= 11 is 6.28. The molecule has 0 saturated heterocycles. The van der Waals surface area contributed by atoms with Crippen LogP contribution in [-0.4, -0.2) is 29.4 Å². The van der Waals surface area contributed by atoms with Gasteiger partial charge in [0.1, 0.15) is 0 Å². The van der Waals surface area contributed by atoms with E-state index < -0.39 is 0 Å². The van der Waals surface area contributed by atoms with Crippen molar-refractivity contribution in [3.63, 3.8) is 0 Å². The van der Waals surface area contributed by atoms with E-state index in [1.807, 2.05) is 0 Å². The van der Waals surface area contributed by atoms with Crippen molar-refractivity contribution in [1.82, 2.24) is 4.90 Å². The van der Waals surface area contributed by atoms with Gasteiger partial charge in [-0.2, -0.15) is 0 Å². The number of benzene rings is 2. The lowest BCUT2D eigenvalue weighted by Gasteiger charge is -2.28. The molecule has 0 spiro atoms. The SMILES string of the molecule is CCN(CCc1ccccc1)C(C)CCc1ccc(C2CCC(Cl)C2)cc1. The number of hydrogen-bond acceptors (Lipinski definition) is 1. The van der Waals surface area contributed by atoms with Gasteiger partial charge in [0.2, 0.25) is 0 Å². The third-order valence-electron chi connectivity index (χ3n) is 6.23. The van der Waals surface area contributed by atoms with Gasteiger partial charge in [-0.05, 0) is 74.6 Å². The molecular weight excluding hydrogens is 350 g/mol. The summed E-state index contributed by atoms with van der Waals surface area (Å²) in [6.45, 7) is 6.92. The van der Waals surface area contributed by atoms with Crippen LogP contribution < -0.4 is 0 Å². The van der Waals surface area contributed by atoms with Gasteiger partial charge in [0.15, 0.2) is 0 Å². The quantitative estimate of drug-likeness (QED) is 0.450. The first-order valence-corrected chi connectivity index (χ1v) is 11.1. The fourth-order valence-corrected chi connectivity index (χ4v) is 4.69. The molecule has 0 heterocycles. The molecule has 1 nitrogen and oxygen atoms in total. The molecule has 1 aliphatic carbocycles. The third-order valence-corrected chi connectivity index (χ3v) is 6.63. The van der Waals surface area contributed by atoms with E-state index in [1.165, 1.54) is 36.0 Å². The van der Waals surface area contributed by atoms with Crippen LogP contribution >= 0.6 is 11.6 Å². The van der Waals surface area contributed by atoms with Crippen molar-refractivity contribution in [2.75, 3.05) is 13.1 Å². The second-order valence-electron chi connectivity index (χ2n) is 8.10. The van der Waals surface area contributed by atoms with E-state index in [2.05, 4.69) is 73.3 Å². The van der Waals surface area contributed by atoms with Gasteiger partial charge in [0, 0.05) is 18.0 Å². The lowest BCUT2D eigenvalue weighted by Crippen LogP contribution is -2.35. The minimum absolute atomic E-state index is 0.381. The number of halogens is 1. The highest BCUT2D eigenvalue weighted by atomic mass is 35.5. The maximum Gasteiger partial charge on any atom is 0.0342 e. The molecular formula is C25H34ClN. The summed E-state index contributed by atoms with van der Waals surface area (Å²) in [7, 11) is 0. The van der Waals surface area contributed by atoms with E-state index >= 15 is 0 Å². The van der Waals surface area contributed by atoms with Crippen LogP contribution in [0.1, 0.15) is 62.1 Å². The zero-order chi connectivity index (χ0) is 19.1. The van der Waals surface area contributed by atoms with E-state index in [0.717, 1.165) is 32.4 Å². The average molecular weight is 384 g/mol. The molecule has 3 atom stereocenters. The summed E-state index contributed by atoms with van der Waals surface area (Å²) in [6, 6.07) is 20.8. The molecule has 0 bridgehead atoms. The number of likely N-dealkylation sites (N-methyl/N-ethyl adjacent to an activating group) is 1. The number of aryl methyl sites for hydroxylation is 1. The van der Waals surface area contributed by atoms with E-state index in [9.17, 15) is 0 Å². The number of hydrogen-bond donors (Lipinski definition) is 0. The first kappa shape index (κ1) is 20.4. The van der Waals surface area contributed by atoms with Gasteiger partial charge in [-0.3, -0.25) is 0 Å². The Morgan fingerprint density at radius 2 is 1.67 bits per heavy atom. The largest absolute Gasteiger partial charge is 0.301 e. The van der Waals surface area contributed by atoms with Gasteiger partial charge >= 0.3 is 0 Å². The lowest BCUT2D eigenvalue weighted by atomic mass is 9.95. The van der Waals surface area contributed by atoms with Crippen LogP contribution in [0.5, 0.6) is 0 Å². The van der Waals surface area contributed by atoms with Crippen molar-refractivity contribution in [2.45, 2.75) is 69.7 Å². The van der Waals surface area contributed by atoms with Crippen molar-refractivity contribution in [1.29, 1.82) is 0 Å². The molecule has 0 aromatic heterocycles. The van der Waals surface area contributed by atoms with Gasteiger partial charge < -0.3 is 4.90 Å². The fourth-order valence-electron chi connectivity index (χ4n) is 4.35. The molecule has 2 aromatic rings. The average Bonchev–Trinajstić information content (AvgIpc) is 3.14. The van der Waals surface area contributed by atoms with Gasteiger partial charge in [-0.1, -0.05) is 61.5 Å². The predicted octanol–water partition coefficient (Wildman–Crippen LogP) is 6.45. The van der Waals surface area contributed by atoms with Crippen molar-refractivity contribution in [3.8, 4) is 0 Å². The highest BCUT2D eigenvalue weighted by Crippen LogP contribution is 2.37. The van der Waals surface area contributed by atoms with Crippen LogP contribution in [-0.2, 0) is 12.8 Å². The summed E-state index contributed by atoms with van der Waals surface area (Å²) in [5.41, 5.74) is 4.38. The number of rotatable bonds is 9. The maximum atomic E-state index is 6.28. The molecule has 3 unspecified atom stereocenters. The number of nitrogens with zero attached hydrogens (tertiary/aromatic N) is 1. The molecule has 1 fully saturated rings. The summed E-state index contributed by atoms with van der Waals surface area (Å²) in [6.07, 6.45) is 7.07. The van der Waals surface area contributed by atoms with Crippen molar-refractivity contribution < 1.29 is 0 Å². The van der Waals surface area contributed by atoms with Gasteiger partial charge in [0.25, 0.3) is 0 Å². The second-order valence-corrected chi connectivity index (χ2v) is 8.72. The normalized spacial score (nSPS) is 20.9. The highest BCUT2D eigenvalue weighted by molar-refractivity contribution is 6.20. The van der Waals surface area contributed by atoms with Crippen LogP contribution in [0.3, 0.4) is 0 Å². The topological polar surface area (TPSA) is 3.24 Å².